The normalized spacial score (nSPS) is 20.0. The molecule has 1 aromatic heterocycles. The van der Waals surface area contributed by atoms with Crippen LogP contribution in [0.25, 0.3) is 0 Å². The van der Waals surface area contributed by atoms with E-state index in [9.17, 15) is 9.59 Å². The van der Waals surface area contributed by atoms with Gasteiger partial charge in [0.25, 0.3) is 0 Å². The largest absolute Gasteiger partial charge is 0.477 e. The van der Waals surface area contributed by atoms with Gasteiger partial charge in [0.2, 0.25) is 11.8 Å². The van der Waals surface area contributed by atoms with Crippen molar-refractivity contribution in [3.8, 4) is 0 Å². The lowest BCUT2D eigenvalue weighted by Crippen LogP contribution is -2.33. The van der Waals surface area contributed by atoms with Crippen LogP contribution in [0.3, 0.4) is 0 Å². The van der Waals surface area contributed by atoms with E-state index < -0.39 is 5.97 Å². The number of hydrogen-bond acceptors (Lipinski definition) is 2. The number of hydrogen-bond donors (Lipinski definition) is 1. The molecule has 1 aromatic rings. The average molecular weight is 178 g/mol. The number of carboxylic acid groups (broad SMARTS) is 1. The van der Waals surface area contributed by atoms with Crippen LogP contribution < -0.4 is 4.57 Å². The second kappa shape index (κ2) is 2.65. The smallest absolute Gasteiger partial charge is 0.341 e. The van der Waals surface area contributed by atoms with Gasteiger partial charge >= 0.3 is 5.97 Å². The number of Topliss-reactive ketones (excluding diaryl/α,β-unsaturated/α-hetero) is 1. The van der Waals surface area contributed by atoms with Crippen LogP contribution in [0, 0.1) is 0 Å². The molecule has 1 heterocycles. The molecule has 0 spiro atoms. The first-order chi connectivity index (χ1) is 6.18. The Kier molecular flexibility index (Phi) is 1.62. The number of carbonyl (C=O) groups excluding carboxylic acids is 1. The third-order valence-corrected chi connectivity index (χ3v) is 2.04. The lowest BCUT2D eigenvalue weighted by Gasteiger charge is -1.92. The Hall–Kier alpha value is -1.71. The summed E-state index contributed by atoms with van der Waals surface area (Å²) in [7, 11) is 0. The standard InChI is InChI=1S/C9H7NO3/c11-8-4-7(8)10-3-1-2-6(5-10)9(12)13/h1-3,5,7H,4H2/p+1. The minimum absolute atomic E-state index is 0.126. The topological polar surface area (TPSA) is 58.2 Å². The number of aromatic carboxylic acids is 1. The van der Waals surface area contributed by atoms with Gasteiger partial charge in [-0.1, -0.05) is 0 Å². The van der Waals surface area contributed by atoms with Crippen molar-refractivity contribution in [2.24, 2.45) is 0 Å². The molecule has 1 aliphatic carbocycles. The van der Waals surface area contributed by atoms with Gasteiger partial charge < -0.3 is 5.11 Å². The fourth-order valence-electron chi connectivity index (χ4n) is 1.22. The van der Waals surface area contributed by atoms with Gasteiger partial charge in [0.1, 0.15) is 5.56 Å². The van der Waals surface area contributed by atoms with Gasteiger partial charge in [-0.15, -0.1) is 0 Å². The van der Waals surface area contributed by atoms with Gasteiger partial charge in [-0.25, -0.2) is 4.79 Å². The third-order valence-electron chi connectivity index (χ3n) is 2.04. The number of carboxylic acids is 1. The minimum Gasteiger partial charge on any atom is -0.477 e. The molecule has 1 saturated carbocycles. The van der Waals surface area contributed by atoms with Gasteiger partial charge in [-0.05, 0) is 6.07 Å². The number of carbonyl (C=O) groups is 2. The average Bonchev–Trinajstić information content (AvgIpc) is 2.83. The maximum atomic E-state index is 10.8. The number of aromatic nitrogens is 1. The molecule has 0 amide bonds. The highest BCUT2D eigenvalue weighted by Crippen LogP contribution is 2.23. The lowest BCUT2D eigenvalue weighted by atomic mass is 10.3. The van der Waals surface area contributed by atoms with Crippen LogP contribution in [-0.4, -0.2) is 16.9 Å². The zero-order valence-electron chi connectivity index (χ0n) is 6.80. The fraction of sp³-hybridized carbons (Fsp3) is 0.222. The Morgan fingerprint density at radius 1 is 1.62 bits per heavy atom. The van der Waals surface area contributed by atoms with Gasteiger partial charge in [0.15, 0.2) is 12.4 Å². The van der Waals surface area contributed by atoms with Crippen LogP contribution >= 0.6 is 0 Å². The van der Waals surface area contributed by atoms with E-state index in [2.05, 4.69) is 0 Å². The monoisotopic (exact) mass is 178 g/mol. The van der Waals surface area contributed by atoms with E-state index in [0.717, 1.165) is 0 Å². The summed E-state index contributed by atoms with van der Waals surface area (Å²) in [6, 6.07) is 3.01. The molecule has 4 nitrogen and oxygen atoms in total. The van der Waals surface area contributed by atoms with Crippen molar-refractivity contribution < 1.29 is 19.3 Å². The van der Waals surface area contributed by atoms with Crippen molar-refractivity contribution in [1.29, 1.82) is 0 Å². The summed E-state index contributed by atoms with van der Waals surface area (Å²) in [4.78, 5) is 21.4. The Bertz CT molecular complexity index is 386. The second-order valence-electron chi connectivity index (χ2n) is 3.03. The predicted molar refractivity (Wildman–Crippen MR) is 42.3 cm³/mol. The molecule has 1 aliphatic rings. The van der Waals surface area contributed by atoms with Crippen LogP contribution in [0.5, 0.6) is 0 Å². The highest BCUT2D eigenvalue weighted by atomic mass is 16.4. The van der Waals surface area contributed by atoms with Crippen molar-refractivity contribution in [2.75, 3.05) is 0 Å². The van der Waals surface area contributed by atoms with Crippen LogP contribution in [0.1, 0.15) is 22.8 Å². The number of pyridine rings is 1. The molecule has 0 bridgehead atoms. The first kappa shape index (κ1) is 7.91. The van der Waals surface area contributed by atoms with E-state index in [0.29, 0.717) is 6.42 Å². The second-order valence-corrected chi connectivity index (χ2v) is 3.03. The van der Waals surface area contributed by atoms with Crippen LogP contribution in [-0.2, 0) is 4.79 Å². The maximum absolute atomic E-state index is 10.8. The summed E-state index contributed by atoms with van der Waals surface area (Å²) in [5.74, 6) is -0.810. The highest BCUT2D eigenvalue weighted by Gasteiger charge is 2.44. The molecule has 0 aromatic carbocycles. The molecule has 0 aliphatic heterocycles. The Labute approximate surface area is 74.4 Å². The van der Waals surface area contributed by atoms with Crippen molar-refractivity contribution >= 4 is 11.8 Å². The molecule has 1 unspecified atom stereocenters. The summed E-state index contributed by atoms with van der Waals surface area (Å²) in [6.07, 6.45) is 3.72. The molecular weight excluding hydrogens is 170 g/mol. The summed E-state index contributed by atoms with van der Waals surface area (Å²) in [5, 5.41) is 8.68. The van der Waals surface area contributed by atoms with Crippen molar-refractivity contribution in [1.82, 2.24) is 0 Å². The highest BCUT2D eigenvalue weighted by molar-refractivity contribution is 5.96. The van der Waals surface area contributed by atoms with Gasteiger partial charge in [-0.3, -0.25) is 4.79 Å². The third kappa shape index (κ3) is 1.42. The minimum atomic E-state index is -0.970. The molecule has 1 N–H and O–H groups in total. The van der Waals surface area contributed by atoms with E-state index in [4.69, 9.17) is 5.11 Å². The maximum Gasteiger partial charge on any atom is 0.341 e. The van der Waals surface area contributed by atoms with E-state index in [-0.39, 0.29) is 17.4 Å². The van der Waals surface area contributed by atoms with Gasteiger partial charge in [0, 0.05) is 6.07 Å². The first-order valence-corrected chi connectivity index (χ1v) is 3.95. The van der Waals surface area contributed by atoms with Crippen molar-refractivity contribution in [2.45, 2.75) is 12.5 Å². The first-order valence-electron chi connectivity index (χ1n) is 3.95. The predicted octanol–water partition coefficient (Wildman–Crippen LogP) is 0.186. The summed E-state index contributed by atoms with van der Waals surface area (Å²) >= 11 is 0. The molecule has 13 heavy (non-hydrogen) atoms. The van der Waals surface area contributed by atoms with E-state index in [1.807, 2.05) is 0 Å². The Morgan fingerprint density at radius 2 is 2.31 bits per heavy atom. The summed E-state index contributed by atoms with van der Waals surface area (Å²) in [5.41, 5.74) is 0.210. The zero-order valence-corrected chi connectivity index (χ0v) is 6.80. The summed E-state index contributed by atoms with van der Waals surface area (Å²) in [6.45, 7) is 0. The van der Waals surface area contributed by atoms with E-state index >= 15 is 0 Å². The van der Waals surface area contributed by atoms with Crippen LogP contribution in [0.4, 0.5) is 0 Å². The molecule has 0 saturated heterocycles. The molecule has 1 fully saturated rings. The lowest BCUT2D eigenvalue weighted by molar-refractivity contribution is -0.694. The van der Waals surface area contributed by atoms with Crippen LogP contribution in [0.15, 0.2) is 24.5 Å². The molecule has 2 rings (SSSR count). The molecule has 4 heteroatoms. The quantitative estimate of drug-likeness (QED) is 0.657. The zero-order chi connectivity index (χ0) is 9.42. The van der Waals surface area contributed by atoms with E-state index in [1.54, 1.807) is 16.8 Å². The summed E-state index contributed by atoms with van der Waals surface area (Å²) < 4.78 is 1.64. The Balaban J connectivity index is 2.33. The molecule has 0 radical (unpaired) electrons. The Morgan fingerprint density at radius 3 is 2.85 bits per heavy atom. The molecule has 1 atom stereocenters. The number of rotatable bonds is 2. The molecular formula is C9H8NO3+. The molecule has 66 valence electrons. The van der Waals surface area contributed by atoms with Crippen molar-refractivity contribution in [3.63, 3.8) is 0 Å². The number of ketones is 1. The van der Waals surface area contributed by atoms with E-state index in [1.165, 1.54) is 12.3 Å². The van der Waals surface area contributed by atoms with Crippen LogP contribution in [0.2, 0.25) is 0 Å². The van der Waals surface area contributed by atoms with Gasteiger partial charge in [0.05, 0.1) is 6.42 Å². The van der Waals surface area contributed by atoms with Crippen molar-refractivity contribution in [3.05, 3.63) is 30.1 Å². The fourth-order valence-corrected chi connectivity index (χ4v) is 1.22. The SMILES string of the molecule is O=C(O)c1ccc[n+](C2CC2=O)c1. The van der Waals surface area contributed by atoms with Gasteiger partial charge in [-0.2, -0.15) is 4.57 Å². The number of nitrogens with zero attached hydrogens (tertiary/aromatic N) is 1.